The Morgan fingerprint density at radius 3 is 2.44 bits per heavy atom. The van der Waals surface area contributed by atoms with Crippen LogP contribution in [-0.2, 0) is 10.2 Å². The fourth-order valence-corrected chi connectivity index (χ4v) is 8.73. The highest BCUT2D eigenvalue weighted by Gasteiger charge is 2.69. The number of oxazole rings is 1. The molecule has 0 spiro atoms. The lowest BCUT2D eigenvalue weighted by Gasteiger charge is -2.66. The normalized spacial score (nSPS) is 32.4. The first-order valence-corrected chi connectivity index (χ1v) is 15.7. The van der Waals surface area contributed by atoms with Crippen LogP contribution in [0.2, 0.25) is 0 Å². The maximum absolute atomic E-state index is 14.4. The van der Waals surface area contributed by atoms with Crippen molar-refractivity contribution in [3.8, 4) is 11.5 Å². The van der Waals surface area contributed by atoms with Crippen molar-refractivity contribution in [3.05, 3.63) is 60.0 Å². The van der Waals surface area contributed by atoms with Crippen LogP contribution in [0.25, 0.3) is 22.6 Å². The van der Waals surface area contributed by atoms with Gasteiger partial charge in [0.15, 0.2) is 11.4 Å². The summed E-state index contributed by atoms with van der Waals surface area (Å²) in [4.78, 5) is 25.4. The zero-order valence-electron chi connectivity index (χ0n) is 24.1. The lowest BCUT2D eigenvalue weighted by Crippen LogP contribution is -2.65. The van der Waals surface area contributed by atoms with Gasteiger partial charge in [0.05, 0.1) is 0 Å². The van der Waals surface area contributed by atoms with Crippen molar-refractivity contribution in [2.24, 2.45) is 10.8 Å². The van der Waals surface area contributed by atoms with Gasteiger partial charge >= 0.3 is 0 Å². The fraction of sp³-hybridized carbons (Fsp3) is 0.529. The molecule has 0 unspecified atom stereocenters. The number of halogens is 2. The number of carbonyl (C=O) groups excluding carboxylic acids is 1. The molecule has 11 rings (SSSR count). The second-order valence-corrected chi connectivity index (χ2v) is 14.5. The number of alkyl halides is 1. The fourth-order valence-electron chi connectivity index (χ4n) is 8.73. The van der Waals surface area contributed by atoms with Gasteiger partial charge in [-0.3, -0.25) is 4.79 Å². The third kappa shape index (κ3) is 4.17. The van der Waals surface area contributed by atoms with Gasteiger partial charge in [0.2, 0.25) is 17.7 Å². The van der Waals surface area contributed by atoms with E-state index in [0.717, 1.165) is 74.3 Å². The zero-order valence-corrected chi connectivity index (χ0v) is 24.1. The molecule has 0 N–H and O–H groups in total. The Bertz CT molecular complexity index is 1730. The van der Waals surface area contributed by atoms with E-state index in [0.29, 0.717) is 55.1 Å². The molecule has 4 bridgehead atoms. The topological polar surface area (TPSA) is 85.3 Å². The number of carbonyl (C=O) groups is 1. The average Bonchev–Trinajstić information content (AvgIpc) is 3.55. The summed E-state index contributed by atoms with van der Waals surface area (Å²) in [6.07, 6.45) is 10.1. The number of rotatable bonds is 8. The molecule has 7 aliphatic rings. The summed E-state index contributed by atoms with van der Waals surface area (Å²) < 4.78 is 40.0. The van der Waals surface area contributed by atoms with Gasteiger partial charge < -0.3 is 13.8 Å². The highest BCUT2D eigenvalue weighted by molar-refractivity contribution is 5.95. The van der Waals surface area contributed by atoms with Gasteiger partial charge in [-0.1, -0.05) is 11.2 Å². The highest BCUT2D eigenvalue weighted by atomic mass is 19.1. The van der Waals surface area contributed by atoms with E-state index in [-0.39, 0.29) is 28.0 Å². The molecular weight excluding hydrogens is 550 g/mol. The molecule has 222 valence electrons. The summed E-state index contributed by atoms with van der Waals surface area (Å²) in [6, 6.07) is 12.0. The van der Waals surface area contributed by atoms with Crippen molar-refractivity contribution in [1.82, 2.24) is 15.1 Å². The second-order valence-electron chi connectivity index (χ2n) is 14.5. The maximum Gasteiger partial charge on any atom is 0.232 e. The SMILES string of the molecule is O=C(CC12CC(F)(C1)C2)N(CC12CCC(c3nc(C4CC4)no3)(CC1)CC2)c1cccc(-c2nc3cc(F)ccc3o2)c1. The smallest absolute Gasteiger partial charge is 0.232 e. The molecule has 0 atom stereocenters. The quantitative estimate of drug-likeness (QED) is 0.210. The second kappa shape index (κ2) is 8.73. The number of anilines is 1. The summed E-state index contributed by atoms with van der Waals surface area (Å²) in [7, 11) is 0. The number of fused-ring (bicyclic) bond motifs is 4. The molecule has 2 aromatic heterocycles. The molecular formula is C34H34F2N4O3. The lowest BCUT2D eigenvalue weighted by atomic mass is 9.41. The van der Waals surface area contributed by atoms with Crippen LogP contribution >= 0.6 is 0 Å². The minimum absolute atomic E-state index is 0.00262. The maximum atomic E-state index is 14.4. The summed E-state index contributed by atoms with van der Waals surface area (Å²) in [5.41, 5.74) is 1.21. The predicted molar refractivity (Wildman–Crippen MR) is 155 cm³/mol. The number of aromatic nitrogens is 3. The number of amides is 1. The number of hydrogen-bond acceptors (Lipinski definition) is 6. The largest absolute Gasteiger partial charge is 0.436 e. The third-order valence-corrected chi connectivity index (χ3v) is 11.4. The van der Waals surface area contributed by atoms with Crippen molar-refractivity contribution >= 4 is 22.7 Å². The molecule has 7 saturated carbocycles. The van der Waals surface area contributed by atoms with E-state index < -0.39 is 5.67 Å². The van der Waals surface area contributed by atoms with Crippen molar-refractivity contribution in [1.29, 1.82) is 0 Å². The first kappa shape index (κ1) is 25.8. The van der Waals surface area contributed by atoms with Crippen LogP contribution in [0.5, 0.6) is 0 Å². The van der Waals surface area contributed by atoms with E-state index in [2.05, 4.69) is 10.1 Å². The Morgan fingerprint density at radius 1 is 0.953 bits per heavy atom. The van der Waals surface area contributed by atoms with Gasteiger partial charge in [0.1, 0.15) is 17.0 Å². The Kier molecular flexibility index (Phi) is 5.25. The molecule has 7 fully saturated rings. The van der Waals surface area contributed by atoms with Gasteiger partial charge in [0, 0.05) is 41.6 Å². The van der Waals surface area contributed by atoms with Crippen molar-refractivity contribution in [2.75, 3.05) is 11.4 Å². The predicted octanol–water partition coefficient (Wildman–Crippen LogP) is 7.80. The van der Waals surface area contributed by atoms with Gasteiger partial charge in [-0.2, -0.15) is 4.98 Å². The molecule has 7 aliphatic carbocycles. The third-order valence-electron chi connectivity index (χ3n) is 11.4. The van der Waals surface area contributed by atoms with Crippen molar-refractivity contribution in [2.45, 2.75) is 94.1 Å². The number of nitrogens with zero attached hydrogens (tertiary/aromatic N) is 4. The van der Waals surface area contributed by atoms with E-state index in [4.69, 9.17) is 13.9 Å². The van der Waals surface area contributed by atoms with E-state index in [1.807, 2.05) is 29.2 Å². The van der Waals surface area contributed by atoms with E-state index in [1.165, 1.54) is 12.1 Å². The molecule has 0 radical (unpaired) electrons. The lowest BCUT2D eigenvalue weighted by molar-refractivity contribution is -0.215. The van der Waals surface area contributed by atoms with Crippen LogP contribution in [0.4, 0.5) is 14.5 Å². The van der Waals surface area contributed by atoms with Crippen LogP contribution in [-0.4, -0.2) is 33.2 Å². The molecule has 2 aromatic carbocycles. The zero-order chi connectivity index (χ0) is 29.0. The Morgan fingerprint density at radius 2 is 1.72 bits per heavy atom. The standard InChI is InChI=1S/C34H34F2N4O3/c35-23-6-7-26-25(15-23)37-29(42-26)22-2-1-3-24(14-22)40(27(41)16-32-17-34(36,18-32)19-32)20-31-8-11-33(12-9-31,13-10-31)30-38-28(39-43-30)21-4-5-21/h1-3,6-7,14-15,21H,4-5,8-13,16-20H2. The Balaban J connectivity index is 1.000. The van der Waals surface area contributed by atoms with E-state index in [9.17, 15) is 13.6 Å². The van der Waals surface area contributed by atoms with E-state index in [1.54, 1.807) is 6.07 Å². The highest BCUT2D eigenvalue weighted by Crippen LogP contribution is 2.71. The summed E-state index contributed by atoms with van der Waals surface area (Å²) in [5, 5.41) is 4.30. The molecule has 2 heterocycles. The van der Waals surface area contributed by atoms with Gasteiger partial charge in [0.25, 0.3) is 0 Å². The minimum atomic E-state index is -1.04. The molecule has 9 heteroatoms. The van der Waals surface area contributed by atoms with Gasteiger partial charge in [-0.05, 0) is 112 Å². The molecule has 1 amide bonds. The average molecular weight is 585 g/mol. The Labute approximate surface area is 248 Å². The van der Waals surface area contributed by atoms with Gasteiger partial charge in [-0.25, -0.2) is 13.8 Å². The summed E-state index contributed by atoms with van der Waals surface area (Å²) in [5.74, 6) is 2.23. The minimum Gasteiger partial charge on any atom is -0.436 e. The molecule has 4 aromatic rings. The van der Waals surface area contributed by atoms with Crippen LogP contribution in [0.3, 0.4) is 0 Å². The van der Waals surface area contributed by atoms with Crippen LogP contribution in [0.1, 0.15) is 94.7 Å². The van der Waals surface area contributed by atoms with Crippen LogP contribution in [0, 0.1) is 16.6 Å². The van der Waals surface area contributed by atoms with Crippen LogP contribution < -0.4 is 4.90 Å². The van der Waals surface area contributed by atoms with E-state index >= 15 is 0 Å². The first-order chi connectivity index (χ1) is 20.7. The molecule has 0 saturated heterocycles. The monoisotopic (exact) mass is 584 g/mol. The summed E-state index contributed by atoms with van der Waals surface area (Å²) in [6.45, 7) is 0.623. The molecule has 43 heavy (non-hydrogen) atoms. The number of benzene rings is 2. The molecule has 0 aliphatic heterocycles. The molecule has 7 nitrogen and oxygen atoms in total. The Hall–Kier alpha value is -3.62. The number of hydrogen-bond donors (Lipinski definition) is 0. The summed E-state index contributed by atoms with van der Waals surface area (Å²) >= 11 is 0. The van der Waals surface area contributed by atoms with Gasteiger partial charge in [-0.15, -0.1) is 0 Å². The van der Waals surface area contributed by atoms with Crippen molar-refractivity contribution in [3.63, 3.8) is 0 Å². The van der Waals surface area contributed by atoms with Crippen molar-refractivity contribution < 1.29 is 22.5 Å². The first-order valence-electron chi connectivity index (χ1n) is 15.7. The van der Waals surface area contributed by atoms with Crippen LogP contribution in [0.15, 0.2) is 51.4 Å².